The lowest BCUT2D eigenvalue weighted by molar-refractivity contribution is 0.911. The standard InChI is InChI=1S/C13H13ClN2/c1-9-4-3-5-11(6-9)12-7-15-13(10(2)14)16-8-12/h3-8,10H,1-2H3. The highest BCUT2D eigenvalue weighted by Crippen LogP contribution is 2.20. The first-order chi connectivity index (χ1) is 7.66. The predicted octanol–water partition coefficient (Wildman–Crippen LogP) is 3.75. The maximum Gasteiger partial charge on any atom is 0.145 e. The summed E-state index contributed by atoms with van der Waals surface area (Å²) >= 11 is 5.90. The van der Waals surface area contributed by atoms with Gasteiger partial charge >= 0.3 is 0 Å². The molecule has 3 heteroatoms. The molecule has 0 aliphatic carbocycles. The Morgan fingerprint density at radius 1 is 1.12 bits per heavy atom. The molecule has 0 fully saturated rings. The second-order valence-electron chi connectivity index (χ2n) is 3.82. The SMILES string of the molecule is Cc1cccc(-c2cnc(C(C)Cl)nc2)c1. The second-order valence-corrected chi connectivity index (χ2v) is 4.47. The summed E-state index contributed by atoms with van der Waals surface area (Å²) in [6, 6.07) is 8.26. The third kappa shape index (κ3) is 2.39. The molecule has 0 saturated carbocycles. The van der Waals surface area contributed by atoms with Gasteiger partial charge in [0.1, 0.15) is 5.82 Å². The third-order valence-corrected chi connectivity index (χ3v) is 2.57. The molecule has 0 radical (unpaired) electrons. The minimum absolute atomic E-state index is 0.147. The van der Waals surface area contributed by atoms with Gasteiger partial charge in [-0.05, 0) is 19.4 Å². The summed E-state index contributed by atoms with van der Waals surface area (Å²) < 4.78 is 0. The quantitative estimate of drug-likeness (QED) is 0.737. The molecule has 1 atom stereocenters. The molecule has 0 aliphatic rings. The number of nitrogens with zero attached hydrogens (tertiary/aromatic N) is 2. The van der Waals surface area contributed by atoms with Gasteiger partial charge in [0, 0.05) is 18.0 Å². The lowest BCUT2D eigenvalue weighted by Gasteiger charge is -2.04. The normalized spacial score (nSPS) is 12.4. The molecule has 0 spiro atoms. The van der Waals surface area contributed by atoms with E-state index in [4.69, 9.17) is 11.6 Å². The van der Waals surface area contributed by atoms with Crippen molar-refractivity contribution in [2.24, 2.45) is 0 Å². The van der Waals surface area contributed by atoms with Gasteiger partial charge in [-0.25, -0.2) is 9.97 Å². The number of aromatic nitrogens is 2. The molecular weight excluding hydrogens is 220 g/mol. The van der Waals surface area contributed by atoms with E-state index in [1.807, 2.05) is 25.4 Å². The minimum Gasteiger partial charge on any atom is -0.239 e. The zero-order chi connectivity index (χ0) is 11.5. The summed E-state index contributed by atoms with van der Waals surface area (Å²) in [6.45, 7) is 3.93. The fourth-order valence-corrected chi connectivity index (χ4v) is 1.63. The van der Waals surface area contributed by atoms with E-state index < -0.39 is 0 Å². The number of rotatable bonds is 2. The molecule has 0 N–H and O–H groups in total. The maximum atomic E-state index is 5.90. The van der Waals surface area contributed by atoms with E-state index in [0.29, 0.717) is 5.82 Å². The Hall–Kier alpha value is -1.41. The van der Waals surface area contributed by atoms with Crippen molar-refractivity contribution >= 4 is 11.6 Å². The molecule has 2 rings (SSSR count). The van der Waals surface area contributed by atoms with Crippen LogP contribution in [0.1, 0.15) is 23.7 Å². The van der Waals surface area contributed by atoms with Crippen molar-refractivity contribution < 1.29 is 0 Å². The molecule has 2 nitrogen and oxygen atoms in total. The van der Waals surface area contributed by atoms with Crippen molar-refractivity contribution in [3.63, 3.8) is 0 Å². The van der Waals surface area contributed by atoms with Crippen molar-refractivity contribution in [2.45, 2.75) is 19.2 Å². The van der Waals surface area contributed by atoms with Gasteiger partial charge < -0.3 is 0 Å². The number of hydrogen-bond donors (Lipinski definition) is 0. The second kappa shape index (κ2) is 4.62. The Kier molecular flexibility index (Phi) is 3.20. The molecule has 0 amide bonds. The van der Waals surface area contributed by atoms with Crippen LogP contribution >= 0.6 is 11.6 Å². The molecule has 0 bridgehead atoms. The lowest BCUT2D eigenvalue weighted by atomic mass is 10.1. The first kappa shape index (κ1) is 11.1. The van der Waals surface area contributed by atoms with Gasteiger partial charge in [-0.15, -0.1) is 11.6 Å². The fourth-order valence-electron chi connectivity index (χ4n) is 1.52. The highest BCUT2D eigenvalue weighted by atomic mass is 35.5. The Bertz CT molecular complexity index is 478. The van der Waals surface area contributed by atoms with Crippen LogP contribution in [0.4, 0.5) is 0 Å². The molecule has 2 aromatic rings. The molecule has 82 valence electrons. The number of aryl methyl sites for hydroxylation is 1. The monoisotopic (exact) mass is 232 g/mol. The molecule has 1 heterocycles. The van der Waals surface area contributed by atoms with Crippen molar-refractivity contribution in [1.29, 1.82) is 0 Å². The van der Waals surface area contributed by atoms with E-state index in [1.54, 1.807) is 0 Å². The largest absolute Gasteiger partial charge is 0.239 e. The summed E-state index contributed by atoms with van der Waals surface area (Å²) in [6.07, 6.45) is 3.63. The van der Waals surface area contributed by atoms with E-state index in [9.17, 15) is 0 Å². The third-order valence-electron chi connectivity index (χ3n) is 2.38. The average molecular weight is 233 g/mol. The topological polar surface area (TPSA) is 25.8 Å². The molecular formula is C13H13ClN2. The van der Waals surface area contributed by atoms with Crippen LogP contribution in [-0.2, 0) is 0 Å². The van der Waals surface area contributed by atoms with Crippen LogP contribution in [0.25, 0.3) is 11.1 Å². The number of halogens is 1. The van der Waals surface area contributed by atoms with Crippen LogP contribution in [0.15, 0.2) is 36.7 Å². The van der Waals surface area contributed by atoms with E-state index >= 15 is 0 Å². The Morgan fingerprint density at radius 3 is 2.38 bits per heavy atom. The van der Waals surface area contributed by atoms with Gasteiger partial charge in [-0.1, -0.05) is 29.8 Å². The minimum atomic E-state index is -0.147. The number of alkyl halides is 1. The molecule has 1 unspecified atom stereocenters. The van der Waals surface area contributed by atoms with E-state index in [0.717, 1.165) is 11.1 Å². The van der Waals surface area contributed by atoms with Gasteiger partial charge in [0.15, 0.2) is 0 Å². The van der Waals surface area contributed by atoms with Gasteiger partial charge in [0.2, 0.25) is 0 Å². The summed E-state index contributed by atoms with van der Waals surface area (Å²) in [5.74, 6) is 0.665. The van der Waals surface area contributed by atoms with Crippen LogP contribution in [0.2, 0.25) is 0 Å². The zero-order valence-electron chi connectivity index (χ0n) is 9.31. The van der Waals surface area contributed by atoms with Crippen molar-refractivity contribution in [3.05, 3.63) is 48.0 Å². The summed E-state index contributed by atoms with van der Waals surface area (Å²) in [4.78, 5) is 8.48. The Morgan fingerprint density at radius 2 is 1.81 bits per heavy atom. The molecule has 16 heavy (non-hydrogen) atoms. The van der Waals surface area contributed by atoms with Crippen molar-refractivity contribution in [3.8, 4) is 11.1 Å². The van der Waals surface area contributed by atoms with Crippen LogP contribution in [0.3, 0.4) is 0 Å². The smallest absolute Gasteiger partial charge is 0.145 e. The molecule has 0 aliphatic heterocycles. The maximum absolute atomic E-state index is 5.90. The van der Waals surface area contributed by atoms with Crippen LogP contribution in [0, 0.1) is 6.92 Å². The first-order valence-corrected chi connectivity index (χ1v) is 5.63. The highest BCUT2D eigenvalue weighted by Gasteiger charge is 2.05. The molecule has 1 aromatic heterocycles. The van der Waals surface area contributed by atoms with Crippen LogP contribution in [-0.4, -0.2) is 9.97 Å². The van der Waals surface area contributed by atoms with Gasteiger partial charge in [-0.3, -0.25) is 0 Å². The van der Waals surface area contributed by atoms with E-state index in [2.05, 4.69) is 35.1 Å². The summed E-state index contributed by atoms with van der Waals surface area (Å²) in [5, 5.41) is -0.147. The summed E-state index contributed by atoms with van der Waals surface area (Å²) in [7, 11) is 0. The summed E-state index contributed by atoms with van der Waals surface area (Å²) in [5.41, 5.74) is 3.38. The van der Waals surface area contributed by atoms with E-state index in [1.165, 1.54) is 5.56 Å². The number of hydrogen-bond acceptors (Lipinski definition) is 2. The Labute approximate surface area is 100 Å². The zero-order valence-corrected chi connectivity index (χ0v) is 10.1. The highest BCUT2D eigenvalue weighted by molar-refractivity contribution is 6.20. The number of benzene rings is 1. The van der Waals surface area contributed by atoms with Crippen LogP contribution < -0.4 is 0 Å². The predicted molar refractivity (Wildman–Crippen MR) is 66.5 cm³/mol. The van der Waals surface area contributed by atoms with Crippen molar-refractivity contribution in [2.75, 3.05) is 0 Å². The molecule has 0 saturated heterocycles. The molecule has 1 aromatic carbocycles. The van der Waals surface area contributed by atoms with Crippen LogP contribution in [0.5, 0.6) is 0 Å². The average Bonchev–Trinajstić information content (AvgIpc) is 2.29. The Balaban J connectivity index is 2.35. The van der Waals surface area contributed by atoms with Gasteiger partial charge in [-0.2, -0.15) is 0 Å². The first-order valence-electron chi connectivity index (χ1n) is 5.20. The fraction of sp³-hybridized carbons (Fsp3) is 0.231. The van der Waals surface area contributed by atoms with Crippen molar-refractivity contribution in [1.82, 2.24) is 9.97 Å². The van der Waals surface area contributed by atoms with Gasteiger partial charge in [0.25, 0.3) is 0 Å². The van der Waals surface area contributed by atoms with Gasteiger partial charge in [0.05, 0.1) is 5.38 Å². The lowest BCUT2D eigenvalue weighted by Crippen LogP contribution is -1.94. The van der Waals surface area contributed by atoms with E-state index in [-0.39, 0.29) is 5.38 Å².